The molecule has 0 aliphatic heterocycles. The highest BCUT2D eigenvalue weighted by molar-refractivity contribution is 5.78. The molecule has 1 aromatic rings. The van der Waals surface area contributed by atoms with Gasteiger partial charge in [0.2, 0.25) is 11.8 Å². The largest absolute Gasteiger partial charge is 0.342 e. The maximum Gasteiger partial charge on any atom is 0.240 e. The van der Waals surface area contributed by atoms with Crippen LogP contribution in [0.25, 0.3) is 0 Å². The van der Waals surface area contributed by atoms with Gasteiger partial charge in [-0.05, 0) is 6.92 Å². The second-order valence-corrected chi connectivity index (χ2v) is 2.77. The molecule has 1 rings (SSSR count). The zero-order chi connectivity index (χ0) is 11.1. The Labute approximate surface area is 86.5 Å². The average Bonchev–Trinajstić information content (AvgIpc) is 2.61. The van der Waals surface area contributed by atoms with Gasteiger partial charge in [-0.25, -0.2) is 0 Å². The molecule has 0 aliphatic rings. The van der Waals surface area contributed by atoms with Crippen LogP contribution in [-0.4, -0.2) is 29.1 Å². The zero-order valence-electron chi connectivity index (χ0n) is 8.28. The fourth-order valence-electron chi connectivity index (χ4n) is 0.895. The van der Waals surface area contributed by atoms with Crippen molar-refractivity contribution in [3.63, 3.8) is 0 Å². The Balaban J connectivity index is 2.16. The van der Waals surface area contributed by atoms with Crippen molar-refractivity contribution in [3.05, 3.63) is 11.7 Å². The van der Waals surface area contributed by atoms with E-state index >= 15 is 0 Å². The number of rotatable bonds is 5. The molecular formula is C8H11N5O2. The van der Waals surface area contributed by atoms with Crippen molar-refractivity contribution >= 4 is 5.91 Å². The molecule has 0 bridgehead atoms. The molecule has 0 aliphatic carbocycles. The lowest BCUT2D eigenvalue weighted by molar-refractivity contribution is -0.120. The van der Waals surface area contributed by atoms with Crippen molar-refractivity contribution in [2.24, 2.45) is 0 Å². The van der Waals surface area contributed by atoms with Crippen LogP contribution in [0.1, 0.15) is 11.7 Å². The number of nitriles is 1. The first kappa shape index (κ1) is 11.1. The van der Waals surface area contributed by atoms with E-state index in [2.05, 4.69) is 20.8 Å². The van der Waals surface area contributed by atoms with Crippen LogP contribution in [0.3, 0.4) is 0 Å². The molecule has 1 aromatic heterocycles. The van der Waals surface area contributed by atoms with E-state index in [0.29, 0.717) is 18.3 Å². The van der Waals surface area contributed by atoms with Crippen LogP contribution in [0.5, 0.6) is 0 Å². The normalized spacial score (nSPS) is 9.60. The van der Waals surface area contributed by atoms with E-state index in [1.807, 2.05) is 6.07 Å². The fraction of sp³-hybridized carbons (Fsp3) is 0.500. The van der Waals surface area contributed by atoms with Gasteiger partial charge in [0.05, 0.1) is 19.2 Å². The number of carbonyl (C=O) groups is 1. The summed E-state index contributed by atoms with van der Waals surface area (Å²) in [5, 5.41) is 17.0. The summed E-state index contributed by atoms with van der Waals surface area (Å²) in [5.74, 6) is 0.745. The van der Waals surface area contributed by atoms with Crippen molar-refractivity contribution in [3.8, 4) is 6.07 Å². The van der Waals surface area contributed by atoms with Crippen LogP contribution < -0.4 is 10.6 Å². The van der Waals surface area contributed by atoms with Crippen molar-refractivity contribution in [1.82, 2.24) is 20.8 Å². The first-order valence-corrected chi connectivity index (χ1v) is 4.36. The lowest BCUT2D eigenvalue weighted by Gasteiger charge is -2.00. The Morgan fingerprint density at radius 1 is 1.67 bits per heavy atom. The van der Waals surface area contributed by atoms with E-state index in [4.69, 9.17) is 9.78 Å². The summed E-state index contributed by atoms with van der Waals surface area (Å²) in [7, 11) is 0. The van der Waals surface area contributed by atoms with Gasteiger partial charge in [0.25, 0.3) is 0 Å². The lowest BCUT2D eigenvalue weighted by atomic mass is 10.5. The molecule has 7 nitrogen and oxygen atoms in total. The molecule has 0 saturated carbocycles. The molecule has 0 saturated heterocycles. The first-order valence-electron chi connectivity index (χ1n) is 4.36. The standard InChI is InChI=1S/C8H11N5O2/c1-6-12-8(15-13-6)5-10-4-7(14)11-3-2-9/h10H,3-5H2,1H3,(H,11,14). The number of amides is 1. The molecule has 0 atom stereocenters. The highest BCUT2D eigenvalue weighted by Crippen LogP contribution is 1.93. The van der Waals surface area contributed by atoms with Crippen molar-refractivity contribution < 1.29 is 9.32 Å². The van der Waals surface area contributed by atoms with Crippen LogP contribution in [0.4, 0.5) is 0 Å². The van der Waals surface area contributed by atoms with Crippen LogP contribution in [0.15, 0.2) is 4.52 Å². The van der Waals surface area contributed by atoms with Crippen LogP contribution in [0, 0.1) is 18.3 Å². The van der Waals surface area contributed by atoms with Crippen LogP contribution >= 0.6 is 0 Å². The molecule has 80 valence electrons. The summed E-state index contributed by atoms with van der Waals surface area (Å²) < 4.78 is 4.82. The second-order valence-electron chi connectivity index (χ2n) is 2.77. The maximum absolute atomic E-state index is 11.0. The minimum atomic E-state index is -0.243. The first-order chi connectivity index (χ1) is 7.22. The summed E-state index contributed by atoms with van der Waals surface area (Å²) in [4.78, 5) is 15.0. The number of hydrogen-bond acceptors (Lipinski definition) is 6. The molecule has 0 unspecified atom stereocenters. The summed E-state index contributed by atoms with van der Waals surface area (Å²) in [6.45, 7) is 2.18. The lowest BCUT2D eigenvalue weighted by Crippen LogP contribution is -2.33. The van der Waals surface area contributed by atoms with E-state index in [1.54, 1.807) is 6.92 Å². The van der Waals surface area contributed by atoms with Gasteiger partial charge in [-0.2, -0.15) is 10.2 Å². The smallest absolute Gasteiger partial charge is 0.240 e. The molecule has 15 heavy (non-hydrogen) atoms. The Hall–Kier alpha value is -1.94. The predicted octanol–water partition coefficient (Wildman–Crippen LogP) is -0.893. The van der Waals surface area contributed by atoms with Crippen molar-refractivity contribution in [2.45, 2.75) is 13.5 Å². The van der Waals surface area contributed by atoms with E-state index in [-0.39, 0.29) is 19.0 Å². The quantitative estimate of drug-likeness (QED) is 0.609. The summed E-state index contributed by atoms with van der Waals surface area (Å²) >= 11 is 0. The summed E-state index contributed by atoms with van der Waals surface area (Å²) in [6, 6.07) is 1.81. The summed E-state index contributed by atoms with van der Waals surface area (Å²) in [5.41, 5.74) is 0. The van der Waals surface area contributed by atoms with E-state index in [0.717, 1.165) is 0 Å². The Kier molecular flexibility index (Phi) is 4.25. The molecule has 0 spiro atoms. The molecule has 7 heteroatoms. The molecule has 1 amide bonds. The third-order valence-electron chi connectivity index (χ3n) is 1.50. The monoisotopic (exact) mass is 209 g/mol. The van der Waals surface area contributed by atoms with Gasteiger partial charge < -0.3 is 9.84 Å². The third kappa shape index (κ3) is 4.19. The number of carbonyl (C=O) groups excluding carboxylic acids is 1. The molecule has 2 N–H and O–H groups in total. The SMILES string of the molecule is Cc1noc(CNCC(=O)NCC#N)n1. The van der Waals surface area contributed by atoms with Crippen LogP contribution in [-0.2, 0) is 11.3 Å². The number of nitrogens with one attached hydrogen (secondary N) is 2. The predicted molar refractivity (Wildman–Crippen MR) is 49.4 cm³/mol. The van der Waals surface area contributed by atoms with E-state index in [1.165, 1.54) is 0 Å². The summed E-state index contributed by atoms with van der Waals surface area (Å²) in [6.07, 6.45) is 0. The number of aromatic nitrogens is 2. The van der Waals surface area contributed by atoms with Gasteiger partial charge in [-0.3, -0.25) is 10.1 Å². The minimum absolute atomic E-state index is 0.0141. The minimum Gasteiger partial charge on any atom is -0.342 e. The molecular weight excluding hydrogens is 198 g/mol. The Bertz CT molecular complexity index is 367. The number of hydrogen-bond donors (Lipinski definition) is 2. The van der Waals surface area contributed by atoms with Gasteiger partial charge in [0.1, 0.15) is 6.54 Å². The molecule has 0 radical (unpaired) electrons. The molecule has 0 aromatic carbocycles. The van der Waals surface area contributed by atoms with Crippen LogP contribution in [0.2, 0.25) is 0 Å². The third-order valence-corrected chi connectivity index (χ3v) is 1.50. The van der Waals surface area contributed by atoms with Gasteiger partial charge in [-0.1, -0.05) is 5.16 Å². The van der Waals surface area contributed by atoms with Crippen molar-refractivity contribution in [1.29, 1.82) is 5.26 Å². The second kappa shape index (κ2) is 5.72. The number of nitrogens with zero attached hydrogens (tertiary/aromatic N) is 3. The molecule has 0 fully saturated rings. The Morgan fingerprint density at radius 3 is 3.07 bits per heavy atom. The zero-order valence-corrected chi connectivity index (χ0v) is 8.28. The van der Waals surface area contributed by atoms with Gasteiger partial charge >= 0.3 is 0 Å². The fourth-order valence-corrected chi connectivity index (χ4v) is 0.895. The van der Waals surface area contributed by atoms with Gasteiger partial charge in [0.15, 0.2) is 5.82 Å². The van der Waals surface area contributed by atoms with Gasteiger partial charge in [0, 0.05) is 0 Å². The molecule has 1 heterocycles. The van der Waals surface area contributed by atoms with Gasteiger partial charge in [-0.15, -0.1) is 0 Å². The van der Waals surface area contributed by atoms with E-state index in [9.17, 15) is 4.79 Å². The maximum atomic E-state index is 11.0. The van der Waals surface area contributed by atoms with E-state index < -0.39 is 0 Å². The highest BCUT2D eigenvalue weighted by atomic mass is 16.5. The number of aryl methyl sites for hydroxylation is 1. The topological polar surface area (TPSA) is 104 Å². The van der Waals surface area contributed by atoms with Crippen molar-refractivity contribution in [2.75, 3.05) is 13.1 Å². The highest BCUT2D eigenvalue weighted by Gasteiger charge is 2.03. The Morgan fingerprint density at radius 2 is 2.47 bits per heavy atom. The average molecular weight is 209 g/mol.